The molecular weight excluding hydrogens is 575 g/mol. The van der Waals surface area contributed by atoms with Crippen LogP contribution in [-0.2, 0) is 11.4 Å². The van der Waals surface area contributed by atoms with Gasteiger partial charge in [-0.25, -0.2) is 9.79 Å². The molecule has 3 aromatic rings. The molecule has 178 valence electrons. The molecule has 10 heteroatoms. The van der Waals surface area contributed by atoms with E-state index in [1.165, 1.54) is 28.8 Å². The number of carboxylic acid groups (broad SMARTS) is 1. The number of likely N-dealkylation sites (N-methyl/N-ethyl adjacent to an activating group) is 1. The Labute approximate surface area is 224 Å². The van der Waals surface area contributed by atoms with E-state index in [-0.39, 0.29) is 18.1 Å². The normalized spacial score (nSPS) is 15.8. The first kappa shape index (κ1) is 25.3. The van der Waals surface area contributed by atoms with Crippen LogP contribution in [0.25, 0.3) is 6.08 Å². The van der Waals surface area contributed by atoms with Gasteiger partial charge in [-0.2, -0.15) is 0 Å². The van der Waals surface area contributed by atoms with E-state index < -0.39 is 5.97 Å². The van der Waals surface area contributed by atoms with E-state index in [0.29, 0.717) is 31.6 Å². The molecule has 1 amide bonds. The average molecular weight is 592 g/mol. The highest BCUT2D eigenvalue weighted by Crippen LogP contribution is 2.35. The third-order valence-corrected chi connectivity index (χ3v) is 7.26. The van der Waals surface area contributed by atoms with Gasteiger partial charge in [0, 0.05) is 22.7 Å². The maximum atomic E-state index is 12.7. The second-order valence-electron chi connectivity index (χ2n) is 7.44. The lowest BCUT2D eigenvalue weighted by molar-refractivity contribution is -0.121. The van der Waals surface area contributed by atoms with Crippen molar-refractivity contribution in [2.45, 2.75) is 6.61 Å². The third kappa shape index (κ3) is 6.08. The Morgan fingerprint density at radius 3 is 2.54 bits per heavy atom. The molecule has 0 aromatic heterocycles. The van der Waals surface area contributed by atoms with Gasteiger partial charge < -0.3 is 9.84 Å². The number of hydrogen-bond acceptors (Lipinski definition) is 5. The first-order valence-electron chi connectivity index (χ1n) is 10.2. The van der Waals surface area contributed by atoms with Crippen molar-refractivity contribution in [2.75, 3.05) is 7.05 Å². The van der Waals surface area contributed by atoms with Crippen LogP contribution in [-0.4, -0.2) is 34.1 Å². The van der Waals surface area contributed by atoms with Crippen molar-refractivity contribution < 1.29 is 19.4 Å². The van der Waals surface area contributed by atoms with Gasteiger partial charge in [-0.15, -0.1) is 0 Å². The second-order valence-corrected chi connectivity index (χ2v) is 10.1. The molecule has 1 saturated heterocycles. The van der Waals surface area contributed by atoms with E-state index >= 15 is 0 Å². The molecule has 4 rings (SSSR count). The zero-order valence-electron chi connectivity index (χ0n) is 18.2. The monoisotopic (exact) mass is 590 g/mol. The van der Waals surface area contributed by atoms with Gasteiger partial charge in [0.15, 0.2) is 5.17 Å². The molecule has 0 saturated carbocycles. The SMILES string of the molecule is CN1C(=O)/C(=C/c2ccc(OCc3ccc(Cl)cc3Cl)c(Br)c2)SC1=Nc1ccc(C(=O)O)cc1. The highest BCUT2D eigenvalue weighted by atomic mass is 79.9. The molecule has 35 heavy (non-hydrogen) atoms. The number of rotatable bonds is 6. The Morgan fingerprint density at radius 1 is 1.14 bits per heavy atom. The summed E-state index contributed by atoms with van der Waals surface area (Å²) in [6.45, 7) is 0.279. The van der Waals surface area contributed by atoms with Crippen molar-refractivity contribution in [3.63, 3.8) is 0 Å². The number of ether oxygens (including phenoxy) is 1. The topological polar surface area (TPSA) is 79.2 Å². The Balaban J connectivity index is 1.48. The Morgan fingerprint density at radius 2 is 1.89 bits per heavy atom. The molecule has 1 N–H and O–H groups in total. The summed E-state index contributed by atoms with van der Waals surface area (Å²) < 4.78 is 6.61. The highest BCUT2D eigenvalue weighted by Gasteiger charge is 2.30. The predicted octanol–water partition coefficient (Wildman–Crippen LogP) is 7.27. The summed E-state index contributed by atoms with van der Waals surface area (Å²) in [5.74, 6) is -0.550. The molecule has 0 atom stereocenters. The standard InChI is InChI=1S/C25H17BrCl2N2O4S/c1-30-23(31)22(35-25(30)29-18-7-4-15(5-8-18)24(32)33)11-14-2-9-21(19(26)10-14)34-13-16-3-6-17(27)12-20(16)28/h2-12H,13H2,1H3,(H,32,33)/b22-11-,29-25?. The minimum Gasteiger partial charge on any atom is -0.488 e. The number of aliphatic imine (C=N–C) groups is 1. The molecule has 1 aliphatic heterocycles. The van der Waals surface area contributed by atoms with Gasteiger partial charge in [0.25, 0.3) is 5.91 Å². The van der Waals surface area contributed by atoms with Crippen LogP contribution in [0.4, 0.5) is 5.69 Å². The van der Waals surface area contributed by atoms with Gasteiger partial charge in [0.05, 0.1) is 20.6 Å². The van der Waals surface area contributed by atoms with E-state index in [0.717, 1.165) is 15.6 Å². The van der Waals surface area contributed by atoms with Crippen LogP contribution in [0.2, 0.25) is 10.0 Å². The molecule has 0 aliphatic carbocycles. The highest BCUT2D eigenvalue weighted by molar-refractivity contribution is 9.10. The fraction of sp³-hybridized carbons (Fsp3) is 0.0800. The summed E-state index contributed by atoms with van der Waals surface area (Å²) in [4.78, 5) is 30.2. The van der Waals surface area contributed by atoms with E-state index in [1.54, 1.807) is 37.4 Å². The molecule has 1 heterocycles. The van der Waals surface area contributed by atoms with Crippen molar-refractivity contribution >= 4 is 79.7 Å². The molecule has 1 aliphatic rings. The van der Waals surface area contributed by atoms with Crippen molar-refractivity contribution in [1.82, 2.24) is 4.90 Å². The number of carboxylic acids is 1. The summed E-state index contributed by atoms with van der Waals surface area (Å²) in [6.07, 6.45) is 1.78. The number of carbonyl (C=O) groups is 2. The quantitative estimate of drug-likeness (QED) is 0.305. The predicted molar refractivity (Wildman–Crippen MR) is 144 cm³/mol. The Hall–Kier alpha value is -2.78. The van der Waals surface area contributed by atoms with E-state index in [2.05, 4.69) is 20.9 Å². The largest absolute Gasteiger partial charge is 0.488 e. The molecule has 0 bridgehead atoms. The van der Waals surface area contributed by atoms with E-state index in [9.17, 15) is 9.59 Å². The van der Waals surface area contributed by atoms with E-state index in [1.807, 2.05) is 24.3 Å². The first-order valence-corrected chi connectivity index (χ1v) is 12.5. The van der Waals surface area contributed by atoms with Crippen molar-refractivity contribution in [3.05, 3.63) is 96.8 Å². The van der Waals surface area contributed by atoms with Crippen LogP contribution in [0.15, 0.2) is 75.0 Å². The van der Waals surface area contributed by atoms with Crippen LogP contribution < -0.4 is 4.74 Å². The number of halogens is 3. The number of thioether (sulfide) groups is 1. The zero-order chi connectivity index (χ0) is 25.1. The molecular formula is C25H17BrCl2N2O4S. The van der Waals surface area contributed by atoms with Crippen molar-refractivity contribution in [1.29, 1.82) is 0 Å². The summed E-state index contributed by atoms with van der Waals surface area (Å²) in [5, 5.41) is 10.6. The van der Waals surface area contributed by atoms with Gasteiger partial charge in [-0.1, -0.05) is 35.3 Å². The summed E-state index contributed by atoms with van der Waals surface area (Å²) >= 11 is 16.9. The number of nitrogens with zero attached hydrogens (tertiary/aromatic N) is 2. The minimum absolute atomic E-state index is 0.173. The van der Waals surface area contributed by atoms with Gasteiger partial charge in [0.1, 0.15) is 12.4 Å². The maximum Gasteiger partial charge on any atom is 0.335 e. The fourth-order valence-electron chi connectivity index (χ4n) is 3.11. The number of carbonyl (C=O) groups excluding carboxylic acids is 1. The lowest BCUT2D eigenvalue weighted by Crippen LogP contribution is -2.23. The zero-order valence-corrected chi connectivity index (χ0v) is 22.1. The lowest BCUT2D eigenvalue weighted by Gasteiger charge is -2.10. The Kier molecular flexibility index (Phi) is 7.86. The van der Waals surface area contributed by atoms with Gasteiger partial charge in [-0.05, 0) is 87.9 Å². The summed E-state index contributed by atoms with van der Waals surface area (Å²) in [5.41, 5.74) is 2.36. The minimum atomic E-state index is -1.01. The van der Waals surface area contributed by atoms with Gasteiger partial charge in [-0.3, -0.25) is 9.69 Å². The lowest BCUT2D eigenvalue weighted by atomic mass is 10.2. The smallest absolute Gasteiger partial charge is 0.335 e. The second kappa shape index (κ2) is 10.9. The van der Waals surface area contributed by atoms with Crippen LogP contribution in [0, 0.1) is 0 Å². The van der Waals surface area contributed by atoms with Crippen LogP contribution in [0.3, 0.4) is 0 Å². The fourth-order valence-corrected chi connectivity index (χ4v) is 5.07. The van der Waals surface area contributed by atoms with Crippen molar-refractivity contribution in [3.8, 4) is 5.75 Å². The molecule has 0 unspecified atom stereocenters. The number of amidine groups is 1. The number of amides is 1. The van der Waals surface area contributed by atoms with Crippen LogP contribution in [0.5, 0.6) is 5.75 Å². The summed E-state index contributed by atoms with van der Waals surface area (Å²) in [7, 11) is 1.65. The van der Waals surface area contributed by atoms with Crippen molar-refractivity contribution in [2.24, 2.45) is 4.99 Å². The Bertz CT molecular complexity index is 1380. The molecule has 1 fully saturated rings. The maximum absolute atomic E-state index is 12.7. The van der Waals surface area contributed by atoms with E-state index in [4.69, 9.17) is 33.0 Å². The number of aromatic carboxylic acids is 1. The van der Waals surface area contributed by atoms with Crippen LogP contribution in [0.1, 0.15) is 21.5 Å². The first-order chi connectivity index (χ1) is 16.7. The molecule has 6 nitrogen and oxygen atoms in total. The van der Waals surface area contributed by atoms with Gasteiger partial charge >= 0.3 is 5.97 Å². The molecule has 0 radical (unpaired) electrons. The number of benzene rings is 3. The van der Waals surface area contributed by atoms with Crippen LogP contribution >= 0.6 is 50.9 Å². The molecule has 3 aromatic carbocycles. The summed E-state index contributed by atoms with van der Waals surface area (Å²) in [6, 6.07) is 16.9. The molecule has 0 spiro atoms. The third-order valence-electron chi connectivity index (χ3n) is 4.99. The average Bonchev–Trinajstić information content (AvgIpc) is 3.07. The van der Waals surface area contributed by atoms with Gasteiger partial charge in [0.2, 0.25) is 0 Å². The number of hydrogen-bond donors (Lipinski definition) is 1.